The maximum absolute atomic E-state index is 13.3. The van der Waals surface area contributed by atoms with E-state index in [2.05, 4.69) is 21.2 Å². The topological polar surface area (TPSA) is 67.9 Å². The van der Waals surface area contributed by atoms with Crippen molar-refractivity contribution in [3.8, 4) is 11.5 Å². The Morgan fingerprint density at radius 1 is 1.07 bits per heavy atom. The van der Waals surface area contributed by atoms with Crippen molar-refractivity contribution >= 4 is 39.1 Å². The van der Waals surface area contributed by atoms with Crippen LogP contribution in [0.4, 0.5) is 11.4 Å². The van der Waals surface area contributed by atoms with Gasteiger partial charge in [-0.1, -0.05) is 34.1 Å². The Balaban J connectivity index is 1.93. The molecule has 0 aliphatic carbocycles. The number of anilines is 2. The summed E-state index contributed by atoms with van der Waals surface area (Å²) >= 11 is 3.42. The lowest BCUT2D eigenvalue weighted by Crippen LogP contribution is -2.43. The molecule has 29 heavy (non-hydrogen) atoms. The van der Waals surface area contributed by atoms with Crippen molar-refractivity contribution in [3.63, 3.8) is 0 Å². The maximum atomic E-state index is 13.3. The van der Waals surface area contributed by atoms with E-state index in [0.29, 0.717) is 35.0 Å². The van der Waals surface area contributed by atoms with Gasteiger partial charge >= 0.3 is 0 Å². The molecule has 0 fully saturated rings. The molecule has 0 saturated heterocycles. The molecule has 2 amide bonds. The van der Waals surface area contributed by atoms with Crippen molar-refractivity contribution < 1.29 is 19.1 Å². The first kappa shape index (κ1) is 21.2. The van der Waals surface area contributed by atoms with Crippen molar-refractivity contribution in [3.05, 3.63) is 48.0 Å². The number of nitrogens with zero attached hydrogens (tertiary/aromatic N) is 1. The molecule has 154 valence electrons. The number of fused-ring (bicyclic) bond motifs is 1. The zero-order chi connectivity index (χ0) is 20.8. The third kappa shape index (κ3) is 4.72. The van der Waals surface area contributed by atoms with Gasteiger partial charge in [-0.3, -0.25) is 14.5 Å². The van der Waals surface area contributed by atoms with Gasteiger partial charge in [0.05, 0.1) is 25.0 Å². The minimum Gasteiger partial charge on any atom is -0.493 e. The fraction of sp³-hybridized carbons (Fsp3) is 0.364. The third-order valence-corrected chi connectivity index (χ3v) is 5.41. The highest BCUT2D eigenvalue weighted by Gasteiger charge is 2.34. The van der Waals surface area contributed by atoms with Crippen molar-refractivity contribution in [2.24, 2.45) is 0 Å². The Bertz CT molecular complexity index is 873. The number of hydrogen-bond donors (Lipinski definition) is 1. The molecular weight excluding hydrogens is 436 g/mol. The monoisotopic (exact) mass is 460 g/mol. The van der Waals surface area contributed by atoms with Gasteiger partial charge in [-0.25, -0.2) is 0 Å². The minimum absolute atomic E-state index is 0.255. The van der Waals surface area contributed by atoms with Crippen LogP contribution in [0.15, 0.2) is 42.5 Å². The molecule has 0 radical (unpaired) electrons. The highest BCUT2D eigenvalue weighted by atomic mass is 79.9. The summed E-state index contributed by atoms with van der Waals surface area (Å²) in [6.07, 6.45) is 3.05. The molecule has 6 nitrogen and oxygen atoms in total. The largest absolute Gasteiger partial charge is 0.493 e. The summed E-state index contributed by atoms with van der Waals surface area (Å²) in [7, 11) is 1.54. The van der Waals surface area contributed by atoms with Crippen molar-refractivity contribution in [2.45, 2.75) is 32.2 Å². The minimum atomic E-state index is -0.656. The Labute approximate surface area is 179 Å². The molecule has 0 aromatic heterocycles. The first-order chi connectivity index (χ1) is 14.1. The molecule has 1 aliphatic heterocycles. The van der Waals surface area contributed by atoms with Gasteiger partial charge in [0.15, 0.2) is 11.5 Å². The van der Waals surface area contributed by atoms with Gasteiger partial charge < -0.3 is 14.8 Å². The summed E-state index contributed by atoms with van der Waals surface area (Å²) in [4.78, 5) is 27.6. The van der Waals surface area contributed by atoms with Gasteiger partial charge in [0.1, 0.15) is 6.04 Å². The van der Waals surface area contributed by atoms with Crippen LogP contribution in [0.3, 0.4) is 0 Å². The lowest BCUT2D eigenvalue weighted by molar-refractivity contribution is -0.117. The van der Waals surface area contributed by atoms with Crippen LogP contribution in [-0.2, 0) is 4.79 Å². The maximum Gasteiger partial charge on any atom is 0.261 e. The van der Waals surface area contributed by atoms with E-state index in [4.69, 9.17) is 9.47 Å². The number of halogens is 1. The van der Waals surface area contributed by atoms with Crippen LogP contribution in [0.2, 0.25) is 0 Å². The van der Waals surface area contributed by atoms with E-state index in [1.807, 2.05) is 30.3 Å². The van der Waals surface area contributed by atoms with Crippen LogP contribution in [0.1, 0.15) is 36.5 Å². The molecule has 1 N–H and O–H groups in total. The van der Waals surface area contributed by atoms with E-state index in [0.717, 1.165) is 24.6 Å². The second kappa shape index (κ2) is 9.78. The Hall–Kier alpha value is -2.54. The van der Waals surface area contributed by atoms with Crippen molar-refractivity contribution in [1.82, 2.24) is 0 Å². The average Bonchev–Trinajstić information content (AvgIpc) is 2.82. The van der Waals surface area contributed by atoms with Crippen LogP contribution in [0.5, 0.6) is 11.5 Å². The Kier molecular flexibility index (Phi) is 7.14. The summed E-state index contributed by atoms with van der Waals surface area (Å²) in [6.45, 7) is 2.25. The summed E-state index contributed by atoms with van der Waals surface area (Å²) in [5.41, 5.74) is 1.47. The summed E-state index contributed by atoms with van der Waals surface area (Å²) in [6, 6.07) is 11.8. The second-order valence-electron chi connectivity index (χ2n) is 6.82. The molecule has 1 atom stereocenters. The Morgan fingerprint density at radius 2 is 1.83 bits per heavy atom. The van der Waals surface area contributed by atoms with Crippen LogP contribution in [-0.4, -0.2) is 36.9 Å². The number of nitrogens with one attached hydrogen (secondary N) is 1. The van der Waals surface area contributed by atoms with E-state index >= 15 is 0 Å². The molecule has 0 saturated carbocycles. The molecule has 2 aromatic carbocycles. The molecule has 2 aromatic rings. The molecule has 0 unspecified atom stereocenters. The standard InChI is InChI=1S/C22H25BrN2O4/c1-15-21(26)24-18-14-20(29-12-8-4-7-11-23)19(28-2)13-17(18)22(27)25(15)16-9-5-3-6-10-16/h3,5-6,9-10,13-15H,4,7-8,11-12H2,1-2H3,(H,24,26)/t15-/m0/s1. The highest BCUT2D eigenvalue weighted by molar-refractivity contribution is 9.09. The van der Waals surface area contributed by atoms with Crippen LogP contribution >= 0.6 is 15.9 Å². The predicted molar refractivity (Wildman–Crippen MR) is 117 cm³/mol. The first-order valence-electron chi connectivity index (χ1n) is 9.67. The number of rotatable bonds is 8. The fourth-order valence-corrected chi connectivity index (χ4v) is 3.65. The van der Waals surface area contributed by atoms with E-state index in [-0.39, 0.29) is 11.8 Å². The second-order valence-corrected chi connectivity index (χ2v) is 7.62. The number of carbonyl (C=O) groups excluding carboxylic acids is 2. The molecular formula is C22H25BrN2O4. The van der Waals surface area contributed by atoms with Gasteiger partial charge in [-0.2, -0.15) is 0 Å². The van der Waals surface area contributed by atoms with Gasteiger partial charge in [-0.05, 0) is 44.4 Å². The van der Waals surface area contributed by atoms with E-state index in [1.165, 1.54) is 12.0 Å². The van der Waals surface area contributed by atoms with Gasteiger partial charge in [0.25, 0.3) is 5.91 Å². The van der Waals surface area contributed by atoms with Crippen molar-refractivity contribution in [1.29, 1.82) is 0 Å². The van der Waals surface area contributed by atoms with Crippen LogP contribution in [0, 0.1) is 0 Å². The summed E-state index contributed by atoms with van der Waals surface area (Å²) < 4.78 is 11.3. The number of ether oxygens (including phenoxy) is 2. The van der Waals surface area contributed by atoms with E-state index in [1.54, 1.807) is 19.1 Å². The van der Waals surface area contributed by atoms with Gasteiger partial charge in [0.2, 0.25) is 5.91 Å². The number of benzene rings is 2. The number of carbonyl (C=O) groups is 2. The van der Waals surface area contributed by atoms with Gasteiger partial charge in [-0.15, -0.1) is 0 Å². The molecule has 0 spiro atoms. The number of methoxy groups -OCH3 is 1. The zero-order valence-electron chi connectivity index (χ0n) is 16.6. The molecule has 1 heterocycles. The van der Waals surface area contributed by atoms with E-state index < -0.39 is 6.04 Å². The molecule has 3 rings (SSSR count). The molecule has 7 heteroatoms. The van der Waals surface area contributed by atoms with E-state index in [9.17, 15) is 9.59 Å². The van der Waals surface area contributed by atoms with Crippen molar-refractivity contribution in [2.75, 3.05) is 29.3 Å². The third-order valence-electron chi connectivity index (χ3n) is 4.85. The normalized spacial score (nSPS) is 16.1. The SMILES string of the molecule is COc1cc2c(cc1OCCCCCBr)NC(=O)[C@H](C)N(c1ccccc1)C2=O. The number of hydrogen-bond acceptors (Lipinski definition) is 4. The smallest absolute Gasteiger partial charge is 0.261 e. The van der Waals surface area contributed by atoms with Gasteiger partial charge in [0, 0.05) is 17.1 Å². The number of alkyl halides is 1. The lowest BCUT2D eigenvalue weighted by atomic mass is 10.1. The number of para-hydroxylation sites is 1. The summed E-state index contributed by atoms with van der Waals surface area (Å²) in [5.74, 6) is 0.460. The molecule has 1 aliphatic rings. The average molecular weight is 461 g/mol. The number of unbranched alkanes of at least 4 members (excludes halogenated alkanes) is 2. The number of amides is 2. The quantitative estimate of drug-likeness (QED) is 0.460. The van der Waals surface area contributed by atoms with Crippen LogP contribution < -0.4 is 19.7 Å². The summed E-state index contributed by atoms with van der Waals surface area (Å²) in [5, 5.41) is 3.83. The zero-order valence-corrected chi connectivity index (χ0v) is 18.2. The first-order valence-corrected chi connectivity index (χ1v) is 10.8. The molecule has 0 bridgehead atoms. The predicted octanol–water partition coefficient (Wildman–Crippen LogP) is 4.63. The Morgan fingerprint density at radius 3 is 2.52 bits per heavy atom. The highest BCUT2D eigenvalue weighted by Crippen LogP contribution is 2.37. The van der Waals surface area contributed by atoms with Crippen LogP contribution in [0.25, 0.3) is 0 Å². The lowest BCUT2D eigenvalue weighted by Gasteiger charge is -2.26. The fourth-order valence-electron chi connectivity index (χ4n) is 3.26.